The summed E-state index contributed by atoms with van der Waals surface area (Å²) in [7, 11) is 1.61. The maximum atomic E-state index is 13.2. The molecule has 5 rings (SSSR count). The molecule has 37 heavy (non-hydrogen) atoms. The molecule has 0 aromatic heterocycles. The third-order valence-electron chi connectivity index (χ3n) is 7.08. The number of methoxy groups -OCH3 is 1. The lowest BCUT2D eigenvalue weighted by Crippen LogP contribution is -2.51. The first kappa shape index (κ1) is 25.0. The van der Waals surface area contributed by atoms with Gasteiger partial charge in [0.05, 0.1) is 19.8 Å². The van der Waals surface area contributed by atoms with E-state index in [9.17, 15) is 9.59 Å². The Labute approximate surface area is 217 Å². The molecule has 0 radical (unpaired) electrons. The van der Waals surface area contributed by atoms with Gasteiger partial charge in [0.1, 0.15) is 5.75 Å². The molecule has 194 valence electrons. The van der Waals surface area contributed by atoms with Gasteiger partial charge in [-0.05, 0) is 48.0 Å². The van der Waals surface area contributed by atoms with E-state index in [0.29, 0.717) is 37.7 Å². The molecule has 0 bridgehead atoms. The van der Waals surface area contributed by atoms with Crippen LogP contribution in [0.3, 0.4) is 0 Å². The second kappa shape index (κ2) is 11.6. The second-order valence-corrected chi connectivity index (χ2v) is 9.61. The van der Waals surface area contributed by atoms with Crippen LogP contribution >= 0.6 is 0 Å². The van der Waals surface area contributed by atoms with E-state index in [4.69, 9.17) is 9.47 Å². The summed E-state index contributed by atoms with van der Waals surface area (Å²) in [6.07, 6.45) is 0.846. The van der Waals surface area contributed by atoms with Crippen LogP contribution in [0.15, 0.2) is 66.7 Å². The molecule has 3 amide bonds. The van der Waals surface area contributed by atoms with Crippen LogP contribution in [-0.2, 0) is 4.74 Å². The lowest BCUT2D eigenvalue weighted by Gasteiger charge is -2.35. The van der Waals surface area contributed by atoms with Gasteiger partial charge >= 0.3 is 6.03 Å². The number of nitrogens with one attached hydrogen (secondary N) is 1. The fourth-order valence-electron chi connectivity index (χ4n) is 5.07. The Morgan fingerprint density at radius 3 is 2.65 bits per heavy atom. The fraction of sp³-hybridized carbons (Fsp3) is 0.379. The highest BCUT2D eigenvalue weighted by atomic mass is 16.5. The minimum absolute atomic E-state index is 0.0625. The van der Waals surface area contributed by atoms with E-state index in [1.807, 2.05) is 59.5 Å². The topological polar surface area (TPSA) is 74.3 Å². The first-order valence-electron chi connectivity index (χ1n) is 12.9. The fourth-order valence-corrected chi connectivity index (χ4v) is 5.07. The van der Waals surface area contributed by atoms with Crippen molar-refractivity contribution in [2.45, 2.75) is 12.5 Å². The van der Waals surface area contributed by atoms with E-state index < -0.39 is 0 Å². The number of hydrogen-bond donors (Lipinski definition) is 1. The van der Waals surface area contributed by atoms with Gasteiger partial charge in [0.2, 0.25) is 0 Å². The Morgan fingerprint density at radius 1 is 0.919 bits per heavy atom. The van der Waals surface area contributed by atoms with Crippen LogP contribution in [0.1, 0.15) is 16.8 Å². The lowest BCUT2D eigenvalue weighted by atomic mass is 10.1. The molecule has 2 aliphatic rings. The zero-order valence-corrected chi connectivity index (χ0v) is 21.3. The quantitative estimate of drug-likeness (QED) is 0.572. The molecular weight excluding hydrogens is 468 g/mol. The van der Waals surface area contributed by atoms with Crippen LogP contribution < -0.4 is 10.1 Å². The lowest BCUT2D eigenvalue weighted by molar-refractivity contribution is -0.0283. The first-order chi connectivity index (χ1) is 18.1. The van der Waals surface area contributed by atoms with Crippen molar-refractivity contribution >= 4 is 28.4 Å². The Bertz CT molecular complexity index is 1250. The van der Waals surface area contributed by atoms with Crippen LogP contribution in [0.2, 0.25) is 0 Å². The van der Waals surface area contributed by atoms with Crippen molar-refractivity contribution < 1.29 is 19.1 Å². The number of carbonyl (C=O) groups is 2. The van der Waals surface area contributed by atoms with E-state index >= 15 is 0 Å². The Morgan fingerprint density at radius 2 is 1.78 bits per heavy atom. The average Bonchev–Trinajstić information content (AvgIpc) is 3.18. The van der Waals surface area contributed by atoms with Crippen LogP contribution in [0, 0.1) is 0 Å². The van der Waals surface area contributed by atoms with Crippen molar-refractivity contribution in [3.05, 3.63) is 72.3 Å². The summed E-state index contributed by atoms with van der Waals surface area (Å²) in [5, 5.41) is 5.18. The normalized spacial score (nSPS) is 18.9. The summed E-state index contributed by atoms with van der Waals surface area (Å²) in [6.45, 7) is 5.44. The summed E-state index contributed by atoms with van der Waals surface area (Å²) in [5.74, 6) is 0.786. The highest BCUT2D eigenvalue weighted by Crippen LogP contribution is 2.20. The van der Waals surface area contributed by atoms with Crippen molar-refractivity contribution in [1.29, 1.82) is 0 Å². The van der Waals surface area contributed by atoms with Gasteiger partial charge < -0.3 is 24.6 Å². The van der Waals surface area contributed by atoms with Gasteiger partial charge in [-0.1, -0.05) is 36.4 Å². The van der Waals surface area contributed by atoms with E-state index in [-0.39, 0.29) is 18.0 Å². The number of morpholine rings is 1. The van der Waals surface area contributed by atoms with E-state index in [0.717, 1.165) is 48.9 Å². The number of benzene rings is 3. The SMILES string of the molecule is COc1cccc(NC(=O)N2CCOC(CN3CCCN(C(=O)c4ccc5ccccc5c4)CC3)C2)c1. The van der Waals surface area contributed by atoms with Gasteiger partial charge in [-0.3, -0.25) is 9.69 Å². The number of anilines is 1. The molecule has 2 fully saturated rings. The van der Waals surface area contributed by atoms with Crippen LogP contribution in [0.25, 0.3) is 10.8 Å². The number of rotatable bonds is 5. The zero-order valence-electron chi connectivity index (χ0n) is 21.3. The molecule has 2 heterocycles. The van der Waals surface area contributed by atoms with Crippen molar-refractivity contribution in [2.24, 2.45) is 0 Å². The third kappa shape index (κ3) is 6.21. The summed E-state index contributed by atoms with van der Waals surface area (Å²) >= 11 is 0. The monoisotopic (exact) mass is 502 g/mol. The summed E-state index contributed by atoms with van der Waals surface area (Å²) < 4.78 is 11.3. The van der Waals surface area contributed by atoms with Crippen LogP contribution in [0.4, 0.5) is 10.5 Å². The molecule has 3 aromatic rings. The Hall–Kier alpha value is -3.62. The molecule has 2 aliphatic heterocycles. The molecule has 8 heteroatoms. The molecular formula is C29H34N4O4. The standard InChI is InChI=1S/C29H34N4O4/c1-36-26-9-4-8-25(19-26)30-29(35)33-16-17-37-27(21-33)20-31-12-5-13-32(15-14-31)28(34)24-11-10-22-6-2-3-7-23(22)18-24/h2-4,6-11,18-19,27H,5,12-17,20-21H2,1H3,(H,30,35). The number of fused-ring (bicyclic) bond motifs is 1. The zero-order chi connectivity index (χ0) is 25.6. The molecule has 1 N–H and O–H groups in total. The molecule has 2 saturated heterocycles. The van der Waals surface area contributed by atoms with Gasteiger partial charge in [0.15, 0.2) is 0 Å². The average molecular weight is 503 g/mol. The predicted octanol–water partition coefficient (Wildman–Crippen LogP) is 3.93. The number of ether oxygens (including phenoxy) is 2. The van der Waals surface area contributed by atoms with Gasteiger partial charge in [0.25, 0.3) is 5.91 Å². The van der Waals surface area contributed by atoms with Gasteiger partial charge in [-0.2, -0.15) is 0 Å². The first-order valence-corrected chi connectivity index (χ1v) is 12.9. The summed E-state index contributed by atoms with van der Waals surface area (Å²) in [6, 6.07) is 21.3. The van der Waals surface area contributed by atoms with Crippen LogP contribution in [-0.4, -0.2) is 92.3 Å². The highest BCUT2D eigenvalue weighted by Gasteiger charge is 2.28. The smallest absolute Gasteiger partial charge is 0.322 e. The third-order valence-corrected chi connectivity index (χ3v) is 7.08. The van der Waals surface area contributed by atoms with Crippen molar-refractivity contribution in [2.75, 3.05) is 64.8 Å². The summed E-state index contributed by atoms with van der Waals surface area (Å²) in [5.41, 5.74) is 1.44. The maximum absolute atomic E-state index is 13.2. The molecule has 1 atom stereocenters. The summed E-state index contributed by atoms with van der Waals surface area (Å²) in [4.78, 5) is 32.2. The highest BCUT2D eigenvalue weighted by molar-refractivity contribution is 5.98. The molecule has 0 aliphatic carbocycles. The molecule has 8 nitrogen and oxygen atoms in total. The number of amides is 3. The second-order valence-electron chi connectivity index (χ2n) is 9.61. The Balaban J connectivity index is 1.13. The van der Waals surface area contributed by atoms with Gasteiger partial charge in [0, 0.05) is 56.6 Å². The van der Waals surface area contributed by atoms with Crippen LogP contribution in [0.5, 0.6) is 5.75 Å². The van der Waals surface area contributed by atoms with E-state index in [2.05, 4.69) is 16.3 Å². The van der Waals surface area contributed by atoms with Gasteiger partial charge in [-0.25, -0.2) is 4.79 Å². The number of hydrogen-bond acceptors (Lipinski definition) is 5. The van der Waals surface area contributed by atoms with E-state index in [1.165, 1.54) is 0 Å². The minimum Gasteiger partial charge on any atom is -0.497 e. The van der Waals surface area contributed by atoms with Gasteiger partial charge in [-0.15, -0.1) is 0 Å². The molecule has 0 saturated carbocycles. The van der Waals surface area contributed by atoms with Crippen molar-refractivity contribution in [1.82, 2.24) is 14.7 Å². The number of urea groups is 1. The Kier molecular flexibility index (Phi) is 7.87. The minimum atomic E-state index is -0.135. The van der Waals surface area contributed by atoms with Crippen molar-refractivity contribution in [3.63, 3.8) is 0 Å². The molecule has 0 spiro atoms. The predicted molar refractivity (Wildman–Crippen MR) is 144 cm³/mol. The molecule has 1 unspecified atom stereocenters. The number of carbonyl (C=O) groups excluding carboxylic acids is 2. The van der Waals surface area contributed by atoms with E-state index in [1.54, 1.807) is 18.1 Å². The maximum Gasteiger partial charge on any atom is 0.322 e. The molecule has 3 aromatic carbocycles. The largest absolute Gasteiger partial charge is 0.497 e. The number of nitrogens with zero attached hydrogens (tertiary/aromatic N) is 3. The van der Waals surface area contributed by atoms with Crippen molar-refractivity contribution in [3.8, 4) is 5.75 Å².